The summed E-state index contributed by atoms with van der Waals surface area (Å²) in [4.78, 5) is 0. The quantitative estimate of drug-likeness (QED) is 0.164. The highest BCUT2D eigenvalue weighted by atomic mass is 32.1. The molecule has 4 heterocycles. The van der Waals surface area contributed by atoms with Gasteiger partial charge in [0, 0.05) is 69.6 Å². The maximum Gasteiger partial charge on any atom is 0.0542 e. The summed E-state index contributed by atoms with van der Waals surface area (Å²) >= 11 is 1.87. The third-order valence-electron chi connectivity index (χ3n) is 13.4. The number of nitrogens with zero attached hydrogens (tertiary/aromatic N) is 3. The van der Waals surface area contributed by atoms with Crippen molar-refractivity contribution < 1.29 is 0 Å². The van der Waals surface area contributed by atoms with Gasteiger partial charge in [0.15, 0.2) is 0 Å². The first-order chi connectivity index (χ1) is 31.7. The third-order valence-corrected chi connectivity index (χ3v) is 14.6. The Kier molecular flexibility index (Phi) is 7.56. The molecule has 0 saturated heterocycles. The normalized spacial score (nSPS) is 12.1. The summed E-state index contributed by atoms with van der Waals surface area (Å²) in [5.41, 5.74) is 15.5. The summed E-state index contributed by atoms with van der Waals surface area (Å²) in [6, 6.07) is 82.8. The van der Waals surface area contributed by atoms with Crippen molar-refractivity contribution in [2.45, 2.75) is 0 Å². The van der Waals surface area contributed by atoms with E-state index < -0.39 is 0 Å². The van der Waals surface area contributed by atoms with Gasteiger partial charge in [-0.05, 0) is 119 Å². The summed E-state index contributed by atoms with van der Waals surface area (Å²) in [7, 11) is 0. The van der Waals surface area contributed by atoms with Crippen LogP contribution in [0.3, 0.4) is 0 Å². The molecule has 0 aliphatic rings. The molecule has 0 amide bonds. The molecule has 3 nitrogen and oxygen atoms in total. The molecule has 298 valence electrons. The second-order valence-corrected chi connectivity index (χ2v) is 18.0. The Morgan fingerprint density at radius 2 is 0.578 bits per heavy atom. The Labute approximate surface area is 372 Å². The van der Waals surface area contributed by atoms with Crippen molar-refractivity contribution in [1.82, 2.24) is 13.7 Å². The van der Waals surface area contributed by atoms with Crippen molar-refractivity contribution in [2.75, 3.05) is 0 Å². The fourth-order valence-electron chi connectivity index (χ4n) is 10.5. The van der Waals surface area contributed by atoms with Gasteiger partial charge in [-0.2, -0.15) is 0 Å². The second kappa shape index (κ2) is 13.7. The van der Waals surface area contributed by atoms with Crippen LogP contribution in [-0.4, -0.2) is 13.7 Å². The molecular formula is C60H37N3S. The van der Waals surface area contributed by atoms with Gasteiger partial charge in [0.1, 0.15) is 0 Å². The summed E-state index contributed by atoms with van der Waals surface area (Å²) in [5.74, 6) is 0. The number of fused-ring (bicyclic) bond motifs is 12. The molecule has 0 aliphatic carbocycles. The van der Waals surface area contributed by atoms with Crippen LogP contribution in [0.5, 0.6) is 0 Å². The van der Waals surface area contributed by atoms with Crippen molar-refractivity contribution in [3.05, 3.63) is 224 Å². The van der Waals surface area contributed by atoms with Gasteiger partial charge in [-0.3, -0.25) is 0 Å². The molecule has 64 heavy (non-hydrogen) atoms. The molecule has 0 radical (unpaired) electrons. The number of para-hydroxylation sites is 4. The Hall–Kier alpha value is -8.18. The van der Waals surface area contributed by atoms with Crippen LogP contribution in [0.25, 0.3) is 125 Å². The Morgan fingerprint density at radius 3 is 1.09 bits per heavy atom. The molecule has 0 N–H and O–H groups in total. The predicted octanol–water partition coefficient (Wildman–Crippen LogP) is 16.7. The molecule has 0 unspecified atom stereocenters. The van der Waals surface area contributed by atoms with Crippen LogP contribution in [0.1, 0.15) is 0 Å². The van der Waals surface area contributed by atoms with Crippen molar-refractivity contribution >= 4 is 96.9 Å². The van der Waals surface area contributed by atoms with E-state index in [1.54, 1.807) is 0 Å². The topological polar surface area (TPSA) is 14.8 Å². The van der Waals surface area contributed by atoms with Crippen molar-refractivity contribution in [2.24, 2.45) is 0 Å². The molecule has 4 heteroatoms. The summed E-state index contributed by atoms with van der Waals surface area (Å²) < 4.78 is 9.93. The van der Waals surface area contributed by atoms with E-state index in [0.717, 1.165) is 17.1 Å². The van der Waals surface area contributed by atoms with E-state index in [4.69, 9.17) is 0 Å². The van der Waals surface area contributed by atoms with Crippen LogP contribution in [0, 0.1) is 0 Å². The first kappa shape index (κ1) is 35.4. The molecular weight excluding hydrogens is 795 g/mol. The average Bonchev–Trinajstić information content (AvgIpc) is 4.10. The smallest absolute Gasteiger partial charge is 0.0542 e. The lowest BCUT2D eigenvalue weighted by molar-refractivity contribution is 1.16. The first-order valence-corrected chi connectivity index (χ1v) is 22.7. The molecule has 14 aromatic rings. The van der Waals surface area contributed by atoms with E-state index in [0.29, 0.717) is 0 Å². The van der Waals surface area contributed by atoms with Crippen LogP contribution in [0.2, 0.25) is 0 Å². The van der Waals surface area contributed by atoms with E-state index in [9.17, 15) is 0 Å². The Morgan fingerprint density at radius 1 is 0.219 bits per heavy atom. The minimum absolute atomic E-state index is 1.15. The number of thiophene rings is 1. The molecule has 0 spiro atoms. The van der Waals surface area contributed by atoms with E-state index in [2.05, 4.69) is 238 Å². The first-order valence-electron chi connectivity index (χ1n) is 21.9. The largest absolute Gasteiger partial charge is 0.309 e. The van der Waals surface area contributed by atoms with E-state index in [1.165, 1.54) is 108 Å². The van der Waals surface area contributed by atoms with Gasteiger partial charge in [-0.1, -0.05) is 127 Å². The van der Waals surface area contributed by atoms with Crippen molar-refractivity contribution in [3.8, 4) is 39.3 Å². The highest BCUT2D eigenvalue weighted by Crippen LogP contribution is 2.42. The standard InChI is InChI=1S/C60H37N3S/c1-2-13-38(14-3-1)39-15-12-16-40(33-39)41-25-31-59-51(34-41)52-37-44(28-32-60(52)64-59)63-57-29-26-42(61-53-21-8-4-17-45(53)46-18-5-9-22-54(46)61)35-49(57)50-36-43(27-30-58(50)63)62-55-23-10-6-19-47(55)48-20-7-11-24-56(48)62/h1-37H. The zero-order valence-corrected chi connectivity index (χ0v) is 35.4. The minimum atomic E-state index is 1.15. The lowest BCUT2D eigenvalue weighted by Gasteiger charge is -2.11. The zero-order chi connectivity index (χ0) is 41.9. The maximum absolute atomic E-state index is 2.48. The fraction of sp³-hybridized carbons (Fsp3) is 0. The molecule has 0 saturated carbocycles. The fourth-order valence-corrected chi connectivity index (χ4v) is 11.6. The maximum atomic E-state index is 2.48. The molecule has 4 aromatic heterocycles. The van der Waals surface area contributed by atoms with Gasteiger partial charge in [-0.15, -0.1) is 11.3 Å². The number of hydrogen-bond donors (Lipinski definition) is 0. The zero-order valence-electron chi connectivity index (χ0n) is 34.6. The van der Waals surface area contributed by atoms with Gasteiger partial charge >= 0.3 is 0 Å². The SMILES string of the molecule is c1ccc(-c2cccc(-c3ccc4sc5ccc(-n6c7ccc(-n8c9ccccc9c9ccccc98)cc7c7cc(-n8c9ccccc9c9ccccc98)ccc76)cc5c4c3)c2)cc1. The Bertz CT molecular complexity index is 3920. The Balaban J connectivity index is 1.00. The highest BCUT2D eigenvalue weighted by Gasteiger charge is 2.20. The third kappa shape index (κ3) is 5.21. The predicted molar refractivity (Wildman–Crippen MR) is 273 cm³/mol. The van der Waals surface area contributed by atoms with Gasteiger partial charge in [0.05, 0.1) is 33.1 Å². The van der Waals surface area contributed by atoms with Crippen LogP contribution >= 0.6 is 11.3 Å². The van der Waals surface area contributed by atoms with Gasteiger partial charge in [0.2, 0.25) is 0 Å². The lowest BCUT2D eigenvalue weighted by Crippen LogP contribution is -1.96. The molecule has 0 atom stereocenters. The molecule has 0 fully saturated rings. The van der Waals surface area contributed by atoms with Crippen molar-refractivity contribution in [3.63, 3.8) is 0 Å². The number of aromatic nitrogens is 3. The number of rotatable bonds is 5. The molecule has 0 aliphatic heterocycles. The van der Waals surface area contributed by atoms with Gasteiger partial charge in [0.25, 0.3) is 0 Å². The lowest BCUT2D eigenvalue weighted by atomic mass is 9.98. The average molecular weight is 832 g/mol. The number of hydrogen-bond acceptors (Lipinski definition) is 1. The molecule has 10 aromatic carbocycles. The molecule has 0 bridgehead atoms. The minimum Gasteiger partial charge on any atom is -0.309 e. The van der Waals surface area contributed by atoms with E-state index in [1.807, 2.05) is 11.3 Å². The van der Waals surface area contributed by atoms with Crippen LogP contribution in [0.4, 0.5) is 0 Å². The van der Waals surface area contributed by atoms with E-state index >= 15 is 0 Å². The summed E-state index contributed by atoms with van der Waals surface area (Å²) in [5, 5.41) is 10.0. The van der Waals surface area contributed by atoms with Gasteiger partial charge < -0.3 is 13.7 Å². The summed E-state index contributed by atoms with van der Waals surface area (Å²) in [6.45, 7) is 0. The van der Waals surface area contributed by atoms with Crippen LogP contribution in [-0.2, 0) is 0 Å². The van der Waals surface area contributed by atoms with Gasteiger partial charge in [-0.25, -0.2) is 0 Å². The monoisotopic (exact) mass is 831 g/mol. The van der Waals surface area contributed by atoms with Crippen molar-refractivity contribution in [1.29, 1.82) is 0 Å². The molecule has 14 rings (SSSR count). The summed E-state index contributed by atoms with van der Waals surface area (Å²) in [6.07, 6.45) is 0. The number of benzene rings is 10. The van der Waals surface area contributed by atoms with E-state index in [-0.39, 0.29) is 0 Å². The second-order valence-electron chi connectivity index (χ2n) is 16.9. The van der Waals surface area contributed by atoms with Crippen LogP contribution in [0.15, 0.2) is 224 Å². The van der Waals surface area contributed by atoms with Crippen LogP contribution < -0.4 is 0 Å². The highest BCUT2D eigenvalue weighted by molar-refractivity contribution is 7.25.